The molecule has 8 heteroatoms. The number of hydrogen-bond acceptors (Lipinski definition) is 5. The molecule has 106 valence electrons. The molecule has 3 N–H and O–H groups in total. The lowest BCUT2D eigenvalue weighted by Crippen LogP contribution is -2.15. The Morgan fingerprint density at radius 3 is 2.35 bits per heavy atom. The topological polar surface area (TPSA) is 98.0 Å². The van der Waals surface area contributed by atoms with Crippen LogP contribution in [0.15, 0.2) is 33.6 Å². The van der Waals surface area contributed by atoms with Crippen LogP contribution in [0.4, 0.5) is 11.5 Å². The van der Waals surface area contributed by atoms with Crippen molar-refractivity contribution in [1.82, 2.24) is 9.97 Å². The summed E-state index contributed by atoms with van der Waals surface area (Å²) in [5.41, 5.74) is 6.70. The van der Waals surface area contributed by atoms with Gasteiger partial charge < -0.3 is 5.73 Å². The van der Waals surface area contributed by atoms with E-state index < -0.39 is 10.0 Å². The highest BCUT2D eigenvalue weighted by Gasteiger charge is 2.18. The SMILES string of the molecule is Cc1nc(C)c(Br)c(NS(=O)(=O)c2ccc(N)cc2)n1. The third kappa shape index (κ3) is 3.07. The van der Waals surface area contributed by atoms with Gasteiger partial charge in [0.15, 0.2) is 5.82 Å². The molecule has 0 radical (unpaired) electrons. The summed E-state index contributed by atoms with van der Waals surface area (Å²) in [5, 5.41) is 0. The molecule has 0 amide bonds. The van der Waals surface area contributed by atoms with Crippen molar-refractivity contribution in [1.29, 1.82) is 0 Å². The third-order valence-electron chi connectivity index (χ3n) is 2.55. The van der Waals surface area contributed by atoms with E-state index in [2.05, 4.69) is 30.6 Å². The zero-order valence-corrected chi connectivity index (χ0v) is 13.3. The second-order valence-electron chi connectivity index (χ2n) is 4.19. The van der Waals surface area contributed by atoms with Gasteiger partial charge in [-0.05, 0) is 54.0 Å². The molecule has 20 heavy (non-hydrogen) atoms. The fraction of sp³-hybridized carbons (Fsp3) is 0.167. The average Bonchev–Trinajstić information content (AvgIpc) is 2.35. The summed E-state index contributed by atoms with van der Waals surface area (Å²) >= 11 is 3.28. The van der Waals surface area contributed by atoms with Gasteiger partial charge in [-0.25, -0.2) is 18.4 Å². The van der Waals surface area contributed by atoms with Gasteiger partial charge in [-0.15, -0.1) is 0 Å². The van der Waals surface area contributed by atoms with E-state index in [4.69, 9.17) is 5.73 Å². The third-order valence-corrected chi connectivity index (χ3v) is 4.85. The fourth-order valence-corrected chi connectivity index (χ4v) is 3.02. The highest BCUT2D eigenvalue weighted by Crippen LogP contribution is 2.25. The lowest BCUT2D eigenvalue weighted by Gasteiger charge is -2.11. The second kappa shape index (κ2) is 5.37. The molecule has 2 aromatic rings. The number of halogens is 1. The van der Waals surface area contributed by atoms with E-state index >= 15 is 0 Å². The van der Waals surface area contributed by atoms with Gasteiger partial charge in [0.25, 0.3) is 10.0 Å². The maximum atomic E-state index is 12.3. The van der Waals surface area contributed by atoms with Crippen LogP contribution in [-0.2, 0) is 10.0 Å². The summed E-state index contributed by atoms with van der Waals surface area (Å²) in [5.74, 6) is 0.701. The van der Waals surface area contributed by atoms with Crippen LogP contribution in [-0.4, -0.2) is 18.4 Å². The van der Waals surface area contributed by atoms with E-state index in [1.54, 1.807) is 13.8 Å². The molecule has 0 spiro atoms. The number of nitrogens with one attached hydrogen (secondary N) is 1. The van der Waals surface area contributed by atoms with E-state index in [9.17, 15) is 8.42 Å². The number of aromatic nitrogens is 2. The number of hydrogen-bond donors (Lipinski definition) is 2. The Kier molecular flexibility index (Phi) is 3.96. The van der Waals surface area contributed by atoms with Crippen LogP contribution in [0.2, 0.25) is 0 Å². The van der Waals surface area contributed by atoms with Gasteiger partial charge in [0, 0.05) is 5.69 Å². The van der Waals surface area contributed by atoms with Crippen molar-refractivity contribution in [3.8, 4) is 0 Å². The minimum Gasteiger partial charge on any atom is -0.399 e. The van der Waals surface area contributed by atoms with Crippen LogP contribution >= 0.6 is 15.9 Å². The van der Waals surface area contributed by atoms with Gasteiger partial charge in [0.05, 0.1) is 15.1 Å². The number of nitrogens with two attached hydrogens (primary N) is 1. The Bertz CT molecular complexity index is 745. The maximum absolute atomic E-state index is 12.3. The lowest BCUT2D eigenvalue weighted by molar-refractivity contribution is 0.601. The molecule has 1 aromatic heterocycles. The Hall–Kier alpha value is -1.67. The molecule has 0 aliphatic heterocycles. The first-order valence-corrected chi connectivity index (χ1v) is 7.96. The first kappa shape index (κ1) is 14.7. The predicted octanol–water partition coefficient (Wildman–Crippen LogP) is 2.24. The summed E-state index contributed by atoms with van der Waals surface area (Å²) in [6, 6.07) is 5.93. The van der Waals surface area contributed by atoms with Crippen molar-refractivity contribution in [3.05, 3.63) is 40.3 Å². The fourth-order valence-electron chi connectivity index (χ4n) is 1.60. The zero-order valence-electron chi connectivity index (χ0n) is 10.9. The van der Waals surface area contributed by atoms with E-state index in [0.29, 0.717) is 21.7 Å². The number of nitrogens with zero attached hydrogens (tertiary/aromatic N) is 2. The number of aryl methyl sites for hydroxylation is 2. The van der Waals surface area contributed by atoms with Gasteiger partial charge >= 0.3 is 0 Å². The van der Waals surface area contributed by atoms with Gasteiger partial charge in [0.2, 0.25) is 0 Å². The van der Waals surface area contributed by atoms with Gasteiger partial charge in [-0.3, -0.25) is 4.72 Å². The molecule has 2 rings (SSSR count). The number of anilines is 2. The molecular formula is C12H13BrN4O2S. The van der Waals surface area contributed by atoms with Gasteiger partial charge in [-0.1, -0.05) is 0 Å². The van der Waals surface area contributed by atoms with Crippen molar-refractivity contribution in [2.45, 2.75) is 18.7 Å². The number of rotatable bonds is 3. The quantitative estimate of drug-likeness (QED) is 0.821. The number of nitrogen functional groups attached to an aromatic ring is 1. The van der Waals surface area contributed by atoms with E-state index in [-0.39, 0.29) is 10.7 Å². The number of benzene rings is 1. The van der Waals surface area contributed by atoms with Crippen LogP contribution < -0.4 is 10.5 Å². The van der Waals surface area contributed by atoms with Crippen molar-refractivity contribution in [2.75, 3.05) is 10.5 Å². The standard InChI is InChI=1S/C12H13BrN4O2S/c1-7-11(13)12(16-8(2)15-7)17-20(18,19)10-5-3-9(14)4-6-10/h3-6H,14H2,1-2H3,(H,15,16,17). The van der Waals surface area contributed by atoms with E-state index in [1.807, 2.05) is 0 Å². The van der Waals surface area contributed by atoms with Crippen LogP contribution in [0.3, 0.4) is 0 Å². The van der Waals surface area contributed by atoms with Crippen molar-refractivity contribution in [2.24, 2.45) is 0 Å². The predicted molar refractivity (Wildman–Crippen MR) is 80.9 cm³/mol. The molecule has 0 saturated heterocycles. The summed E-state index contributed by atoms with van der Waals surface area (Å²) in [7, 11) is -3.71. The molecule has 0 aliphatic rings. The van der Waals surface area contributed by atoms with Crippen LogP contribution in [0.1, 0.15) is 11.5 Å². The molecule has 0 saturated carbocycles. The summed E-state index contributed by atoms with van der Waals surface area (Å²) < 4.78 is 27.5. The van der Waals surface area contributed by atoms with Gasteiger partial charge in [-0.2, -0.15) is 0 Å². The molecule has 6 nitrogen and oxygen atoms in total. The van der Waals surface area contributed by atoms with Crippen LogP contribution in [0.25, 0.3) is 0 Å². The van der Waals surface area contributed by atoms with E-state index in [1.165, 1.54) is 24.3 Å². The van der Waals surface area contributed by atoms with Crippen molar-refractivity contribution in [3.63, 3.8) is 0 Å². The average molecular weight is 357 g/mol. The molecular weight excluding hydrogens is 344 g/mol. The maximum Gasteiger partial charge on any atom is 0.263 e. The normalized spacial score (nSPS) is 11.3. The highest BCUT2D eigenvalue weighted by molar-refractivity contribution is 9.10. The Morgan fingerprint density at radius 2 is 1.75 bits per heavy atom. The summed E-state index contributed by atoms with van der Waals surface area (Å²) in [4.78, 5) is 8.35. The molecule has 0 unspecified atom stereocenters. The van der Waals surface area contributed by atoms with Crippen molar-refractivity contribution < 1.29 is 8.42 Å². The van der Waals surface area contributed by atoms with Crippen molar-refractivity contribution >= 4 is 37.5 Å². The molecule has 0 bridgehead atoms. The molecule has 0 fully saturated rings. The summed E-state index contributed by atoms with van der Waals surface area (Å²) in [6.07, 6.45) is 0. The largest absolute Gasteiger partial charge is 0.399 e. The van der Waals surface area contributed by atoms with Crippen LogP contribution in [0, 0.1) is 13.8 Å². The lowest BCUT2D eigenvalue weighted by atomic mass is 10.3. The molecule has 0 aliphatic carbocycles. The second-order valence-corrected chi connectivity index (χ2v) is 6.67. The smallest absolute Gasteiger partial charge is 0.263 e. The minimum atomic E-state index is -3.71. The monoisotopic (exact) mass is 356 g/mol. The highest BCUT2D eigenvalue weighted by atomic mass is 79.9. The summed E-state index contributed by atoms with van der Waals surface area (Å²) in [6.45, 7) is 3.46. The van der Waals surface area contributed by atoms with Gasteiger partial charge in [0.1, 0.15) is 5.82 Å². The first-order chi connectivity index (χ1) is 9.29. The molecule has 0 atom stereocenters. The van der Waals surface area contributed by atoms with Crippen LogP contribution in [0.5, 0.6) is 0 Å². The Labute approximate surface area is 125 Å². The Balaban J connectivity index is 2.41. The minimum absolute atomic E-state index is 0.118. The molecule has 1 aromatic carbocycles. The van der Waals surface area contributed by atoms with E-state index in [0.717, 1.165) is 0 Å². The molecule has 1 heterocycles. The number of sulfonamides is 1. The first-order valence-electron chi connectivity index (χ1n) is 5.69. The zero-order chi connectivity index (χ0) is 14.9. The Morgan fingerprint density at radius 1 is 1.15 bits per heavy atom.